The molecule has 0 bridgehead atoms. The van der Waals surface area contributed by atoms with Gasteiger partial charge in [-0.2, -0.15) is 4.39 Å². The third kappa shape index (κ3) is 3.55. The molecule has 0 radical (unpaired) electrons. The van der Waals surface area contributed by atoms with E-state index < -0.39 is 11.6 Å². The van der Waals surface area contributed by atoms with Crippen LogP contribution in [0.1, 0.15) is 19.4 Å². The van der Waals surface area contributed by atoms with Gasteiger partial charge in [-0.15, -0.1) is 0 Å². The largest absolute Gasteiger partial charge is 0.454 e. The van der Waals surface area contributed by atoms with Crippen LogP contribution in [-0.2, 0) is 0 Å². The molecule has 18 heavy (non-hydrogen) atoms. The first-order valence-corrected chi connectivity index (χ1v) is 5.85. The highest BCUT2D eigenvalue weighted by Gasteiger charge is 2.09. The average Bonchev–Trinajstić information content (AvgIpc) is 2.40. The van der Waals surface area contributed by atoms with Crippen molar-refractivity contribution in [3.8, 4) is 11.5 Å². The van der Waals surface area contributed by atoms with Gasteiger partial charge in [0.2, 0.25) is 5.82 Å². The Hall–Kier alpha value is -1.90. The van der Waals surface area contributed by atoms with Gasteiger partial charge >= 0.3 is 0 Å². The zero-order valence-corrected chi connectivity index (χ0v) is 10.7. The monoisotopic (exact) mass is 250 g/mol. The molecule has 0 aliphatic rings. The Morgan fingerprint density at radius 2 is 1.50 bits per heavy atom. The third-order valence-electron chi connectivity index (χ3n) is 2.16. The van der Waals surface area contributed by atoms with Crippen molar-refractivity contribution in [1.29, 1.82) is 0 Å². The number of hydrogen-bond acceptors (Lipinski definition) is 1. The lowest BCUT2D eigenvalue weighted by molar-refractivity contribution is 0.416. The molecular formula is C15H16F2O. The molecule has 0 saturated carbocycles. The van der Waals surface area contributed by atoms with Crippen LogP contribution >= 0.6 is 0 Å². The summed E-state index contributed by atoms with van der Waals surface area (Å²) in [5.41, 5.74) is 1.08. The van der Waals surface area contributed by atoms with E-state index in [1.807, 2.05) is 32.9 Å². The normalized spacial score (nSPS) is 9.39. The third-order valence-corrected chi connectivity index (χ3v) is 2.16. The highest BCUT2D eigenvalue weighted by atomic mass is 19.2. The maximum atomic E-state index is 13.3. The average molecular weight is 250 g/mol. The maximum Gasteiger partial charge on any atom is 0.201 e. The van der Waals surface area contributed by atoms with E-state index in [0.29, 0.717) is 5.75 Å². The summed E-state index contributed by atoms with van der Waals surface area (Å²) in [7, 11) is 0. The summed E-state index contributed by atoms with van der Waals surface area (Å²) in [6.45, 7) is 5.94. The Morgan fingerprint density at radius 3 is 2.11 bits per heavy atom. The van der Waals surface area contributed by atoms with Crippen LogP contribution in [-0.4, -0.2) is 0 Å². The van der Waals surface area contributed by atoms with Crippen molar-refractivity contribution >= 4 is 0 Å². The summed E-state index contributed by atoms with van der Waals surface area (Å²) in [6.07, 6.45) is 0. The van der Waals surface area contributed by atoms with E-state index in [2.05, 4.69) is 0 Å². The van der Waals surface area contributed by atoms with E-state index in [1.165, 1.54) is 12.1 Å². The topological polar surface area (TPSA) is 9.23 Å². The molecule has 1 nitrogen and oxygen atoms in total. The summed E-state index contributed by atoms with van der Waals surface area (Å²) in [5.74, 6) is -1.51. The van der Waals surface area contributed by atoms with E-state index in [0.717, 1.165) is 11.6 Å². The second kappa shape index (κ2) is 6.74. The van der Waals surface area contributed by atoms with Crippen molar-refractivity contribution in [3.63, 3.8) is 0 Å². The van der Waals surface area contributed by atoms with Crippen LogP contribution in [0.3, 0.4) is 0 Å². The number of rotatable bonds is 2. The molecule has 3 heteroatoms. The fourth-order valence-electron chi connectivity index (χ4n) is 1.30. The molecule has 0 N–H and O–H groups in total. The highest BCUT2D eigenvalue weighted by molar-refractivity contribution is 5.33. The molecule has 0 aliphatic heterocycles. The first-order chi connectivity index (χ1) is 8.66. The number of hydrogen-bond donors (Lipinski definition) is 0. The summed E-state index contributed by atoms with van der Waals surface area (Å²) < 4.78 is 31.4. The van der Waals surface area contributed by atoms with Crippen LogP contribution < -0.4 is 4.74 Å². The Labute approximate surface area is 106 Å². The lowest BCUT2D eigenvalue weighted by Crippen LogP contribution is -1.91. The van der Waals surface area contributed by atoms with Gasteiger partial charge in [0, 0.05) is 0 Å². The van der Waals surface area contributed by atoms with Gasteiger partial charge in [0.05, 0.1) is 0 Å². The standard InChI is InChI=1S/C13H10F2O.C2H6/c1-9-5-7-10(8-6-9)16-12-4-2-3-11(14)13(12)15;1-2/h2-8H,1H3;1-2H3. The molecule has 2 rings (SSSR count). The molecule has 0 spiro atoms. The van der Waals surface area contributed by atoms with Crippen molar-refractivity contribution < 1.29 is 13.5 Å². The van der Waals surface area contributed by atoms with Gasteiger partial charge in [-0.1, -0.05) is 37.6 Å². The summed E-state index contributed by atoms with van der Waals surface area (Å²) in [4.78, 5) is 0. The molecule has 96 valence electrons. The summed E-state index contributed by atoms with van der Waals surface area (Å²) >= 11 is 0. The quantitative estimate of drug-likeness (QED) is 0.721. The summed E-state index contributed by atoms with van der Waals surface area (Å²) in [6, 6.07) is 10.9. The van der Waals surface area contributed by atoms with Crippen LogP contribution in [0.15, 0.2) is 42.5 Å². The molecule has 0 aliphatic carbocycles. The lowest BCUT2D eigenvalue weighted by Gasteiger charge is -2.06. The Balaban J connectivity index is 0.000000771. The summed E-state index contributed by atoms with van der Waals surface area (Å²) in [5, 5.41) is 0. The minimum Gasteiger partial charge on any atom is -0.454 e. The fraction of sp³-hybridized carbons (Fsp3) is 0.200. The van der Waals surface area contributed by atoms with Gasteiger partial charge in [0.1, 0.15) is 5.75 Å². The zero-order chi connectivity index (χ0) is 13.5. The zero-order valence-electron chi connectivity index (χ0n) is 10.7. The van der Waals surface area contributed by atoms with Crippen LogP contribution in [0.2, 0.25) is 0 Å². The fourth-order valence-corrected chi connectivity index (χ4v) is 1.30. The van der Waals surface area contributed by atoms with Gasteiger partial charge in [-0.3, -0.25) is 0 Å². The molecule has 2 aromatic rings. The van der Waals surface area contributed by atoms with Crippen LogP contribution in [0.25, 0.3) is 0 Å². The van der Waals surface area contributed by atoms with Gasteiger partial charge in [-0.05, 0) is 31.2 Å². The van der Waals surface area contributed by atoms with Crippen molar-refractivity contribution in [3.05, 3.63) is 59.7 Å². The van der Waals surface area contributed by atoms with E-state index in [9.17, 15) is 8.78 Å². The number of ether oxygens (including phenoxy) is 1. The van der Waals surface area contributed by atoms with Gasteiger partial charge in [0.15, 0.2) is 11.6 Å². The lowest BCUT2D eigenvalue weighted by atomic mass is 10.2. The van der Waals surface area contributed by atoms with Crippen LogP contribution in [0, 0.1) is 18.6 Å². The van der Waals surface area contributed by atoms with Crippen molar-refractivity contribution in [2.24, 2.45) is 0 Å². The maximum absolute atomic E-state index is 13.3. The number of benzene rings is 2. The van der Waals surface area contributed by atoms with E-state index >= 15 is 0 Å². The predicted molar refractivity (Wildman–Crippen MR) is 69.0 cm³/mol. The molecule has 0 amide bonds. The molecule has 0 fully saturated rings. The number of halogens is 2. The molecule has 0 saturated heterocycles. The second-order valence-corrected chi connectivity index (χ2v) is 3.47. The molecular weight excluding hydrogens is 234 g/mol. The molecule has 2 aromatic carbocycles. The minimum absolute atomic E-state index is 0.108. The molecule has 0 unspecified atom stereocenters. The molecule has 0 atom stereocenters. The van der Waals surface area contributed by atoms with Gasteiger partial charge < -0.3 is 4.74 Å². The SMILES string of the molecule is CC.Cc1ccc(Oc2cccc(F)c2F)cc1. The molecule has 0 aromatic heterocycles. The predicted octanol–water partition coefficient (Wildman–Crippen LogP) is 5.09. The van der Waals surface area contributed by atoms with E-state index in [1.54, 1.807) is 12.1 Å². The first kappa shape index (κ1) is 14.2. The minimum atomic E-state index is -0.969. The number of aryl methyl sites for hydroxylation is 1. The van der Waals surface area contributed by atoms with Crippen molar-refractivity contribution in [2.45, 2.75) is 20.8 Å². The van der Waals surface area contributed by atoms with E-state index in [4.69, 9.17) is 4.74 Å². The smallest absolute Gasteiger partial charge is 0.201 e. The van der Waals surface area contributed by atoms with Crippen LogP contribution in [0.4, 0.5) is 8.78 Å². The Morgan fingerprint density at radius 1 is 0.889 bits per heavy atom. The van der Waals surface area contributed by atoms with Crippen LogP contribution in [0.5, 0.6) is 11.5 Å². The van der Waals surface area contributed by atoms with Gasteiger partial charge in [-0.25, -0.2) is 4.39 Å². The Bertz CT molecular complexity index is 492. The van der Waals surface area contributed by atoms with Crippen molar-refractivity contribution in [2.75, 3.05) is 0 Å². The second-order valence-electron chi connectivity index (χ2n) is 3.47. The highest BCUT2D eigenvalue weighted by Crippen LogP contribution is 2.25. The van der Waals surface area contributed by atoms with E-state index in [-0.39, 0.29) is 5.75 Å². The van der Waals surface area contributed by atoms with Gasteiger partial charge in [0.25, 0.3) is 0 Å². The first-order valence-electron chi connectivity index (χ1n) is 5.85. The van der Waals surface area contributed by atoms with Crippen molar-refractivity contribution in [1.82, 2.24) is 0 Å². The molecule has 0 heterocycles. The Kier molecular flexibility index (Phi) is 5.31.